The van der Waals surface area contributed by atoms with Crippen LogP contribution in [0.2, 0.25) is 0 Å². The summed E-state index contributed by atoms with van der Waals surface area (Å²) < 4.78 is 6.60. The van der Waals surface area contributed by atoms with Crippen LogP contribution in [-0.2, 0) is 0 Å². The van der Waals surface area contributed by atoms with Gasteiger partial charge in [-0.1, -0.05) is 12.1 Å². The number of aromatic nitrogens is 3. The first-order valence-corrected chi connectivity index (χ1v) is 7.95. The summed E-state index contributed by atoms with van der Waals surface area (Å²) in [5.41, 5.74) is 1.90. The predicted molar refractivity (Wildman–Crippen MR) is 84.5 cm³/mol. The lowest BCUT2D eigenvalue weighted by atomic mass is 9.98. The van der Waals surface area contributed by atoms with Gasteiger partial charge in [0.25, 0.3) is 0 Å². The highest BCUT2D eigenvalue weighted by molar-refractivity contribution is 7.17. The fraction of sp³-hybridized carbons (Fsp3) is 0.400. The molecule has 1 N–H and O–H groups in total. The molecule has 0 aliphatic rings. The molecule has 0 fully saturated rings. The van der Waals surface area contributed by atoms with Crippen molar-refractivity contribution < 1.29 is 4.52 Å². The molecular formula is C15H18N4OS. The van der Waals surface area contributed by atoms with Crippen LogP contribution in [-0.4, -0.2) is 28.2 Å². The Morgan fingerprint density at radius 3 is 3.05 bits per heavy atom. The van der Waals surface area contributed by atoms with Gasteiger partial charge < -0.3 is 9.84 Å². The minimum Gasteiger partial charge on any atom is -0.339 e. The number of rotatable bonds is 5. The highest BCUT2D eigenvalue weighted by Crippen LogP contribution is 2.27. The van der Waals surface area contributed by atoms with Crippen LogP contribution >= 0.6 is 11.3 Å². The van der Waals surface area contributed by atoms with Crippen LogP contribution in [0.25, 0.3) is 21.6 Å². The van der Waals surface area contributed by atoms with Crippen molar-refractivity contribution in [3.8, 4) is 11.4 Å². The summed E-state index contributed by atoms with van der Waals surface area (Å²) in [6.45, 7) is 4.25. The second kappa shape index (κ2) is 5.91. The highest BCUT2D eigenvalue weighted by atomic mass is 32.1. The molecule has 6 heteroatoms. The molecule has 2 unspecified atom stereocenters. The summed E-state index contributed by atoms with van der Waals surface area (Å²) >= 11 is 1.66. The molecule has 3 aromatic rings. The van der Waals surface area contributed by atoms with Crippen molar-refractivity contribution >= 4 is 21.6 Å². The zero-order valence-corrected chi connectivity index (χ0v) is 13.1. The van der Waals surface area contributed by atoms with Gasteiger partial charge >= 0.3 is 0 Å². The van der Waals surface area contributed by atoms with Crippen LogP contribution in [0.15, 0.2) is 28.2 Å². The predicted octanol–water partition coefficient (Wildman–Crippen LogP) is 3.45. The fourth-order valence-electron chi connectivity index (χ4n) is 2.42. The highest BCUT2D eigenvalue weighted by Gasteiger charge is 2.23. The molecule has 0 aromatic carbocycles. The Morgan fingerprint density at radius 1 is 1.43 bits per heavy atom. The van der Waals surface area contributed by atoms with E-state index < -0.39 is 0 Å². The van der Waals surface area contributed by atoms with Gasteiger partial charge in [0.1, 0.15) is 0 Å². The molecule has 0 aliphatic carbocycles. The van der Waals surface area contributed by atoms with Gasteiger partial charge in [-0.3, -0.25) is 4.98 Å². The number of fused-ring (bicyclic) bond motifs is 1. The lowest BCUT2D eigenvalue weighted by Crippen LogP contribution is -2.28. The van der Waals surface area contributed by atoms with E-state index >= 15 is 0 Å². The monoisotopic (exact) mass is 302 g/mol. The van der Waals surface area contributed by atoms with E-state index in [0.717, 1.165) is 22.2 Å². The summed E-state index contributed by atoms with van der Waals surface area (Å²) in [6.07, 6.45) is 2.75. The zero-order chi connectivity index (χ0) is 14.8. The van der Waals surface area contributed by atoms with Crippen molar-refractivity contribution in [3.05, 3.63) is 29.6 Å². The van der Waals surface area contributed by atoms with Crippen LogP contribution < -0.4 is 5.32 Å². The van der Waals surface area contributed by atoms with Crippen LogP contribution in [0, 0.1) is 0 Å². The van der Waals surface area contributed by atoms with Gasteiger partial charge in [0.15, 0.2) is 0 Å². The molecule has 3 rings (SSSR count). The number of hydrogen-bond acceptors (Lipinski definition) is 6. The van der Waals surface area contributed by atoms with E-state index in [0.29, 0.717) is 17.8 Å². The van der Waals surface area contributed by atoms with Crippen LogP contribution in [0.3, 0.4) is 0 Å². The smallest absolute Gasteiger partial charge is 0.231 e. The third-order valence-corrected chi connectivity index (χ3v) is 4.67. The van der Waals surface area contributed by atoms with E-state index in [1.54, 1.807) is 17.5 Å². The van der Waals surface area contributed by atoms with Gasteiger partial charge in [-0.2, -0.15) is 4.98 Å². The Balaban J connectivity index is 1.93. The summed E-state index contributed by atoms with van der Waals surface area (Å²) in [5.74, 6) is 1.50. The molecule has 2 atom stereocenters. The first-order valence-electron chi connectivity index (χ1n) is 7.07. The molecule has 3 aromatic heterocycles. The Kier molecular flexibility index (Phi) is 3.98. The molecule has 0 aliphatic heterocycles. The molecule has 5 nitrogen and oxygen atoms in total. The second-order valence-corrected chi connectivity index (χ2v) is 6.02. The molecular weight excluding hydrogens is 284 g/mol. The van der Waals surface area contributed by atoms with Crippen LogP contribution in [0.1, 0.15) is 32.1 Å². The van der Waals surface area contributed by atoms with E-state index in [4.69, 9.17) is 4.52 Å². The van der Waals surface area contributed by atoms with Crippen molar-refractivity contribution in [2.45, 2.75) is 32.2 Å². The number of hydrogen-bond donors (Lipinski definition) is 1. The van der Waals surface area contributed by atoms with Crippen molar-refractivity contribution in [1.82, 2.24) is 20.4 Å². The minimum absolute atomic E-state index is 0.217. The van der Waals surface area contributed by atoms with Crippen molar-refractivity contribution in [3.63, 3.8) is 0 Å². The first kappa shape index (κ1) is 14.2. The lowest BCUT2D eigenvalue weighted by molar-refractivity contribution is 0.322. The van der Waals surface area contributed by atoms with Gasteiger partial charge in [-0.25, -0.2) is 0 Å². The SMILES string of the molecule is CCC(c1nc(-c2cnc3ccsc3c2)no1)C(C)NC. The van der Waals surface area contributed by atoms with Gasteiger partial charge in [-0.15, -0.1) is 11.3 Å². The van der Waals surface area contributed by atoms with Crippen LogP contribution in [0.5, 0.6) is 0 Å². The second-order valence-electron chi connectivity index (χ2n) is 5.08. The fourth-order valence-corrected chi connectivity index (χ4v) is 3.20. The van der Waals surface area contributed by atoms with Gasteiger partial charge in [0, 0.05) is 17.8 Å². The van der Waals surface area contributed by atoms with Crippen molar-refractivity contribution in [2.24, 2.45) is 0 Å². The molecule has 3 heterocycles. The summed E-state index contributed by atoms with van der Waals surface area (Å²) in [6, 6.07) is 4.36. The number of nitrogens with zero attached hydrogens (tertiary/aromatic N) is 3. The van der Waals surface area contributed by atoms with Gasteiger partial charge in [0.2, 0.25) is 11.7 Å². The number of nitrogens with one attached hydrogen (secondary N) is 1. The van der Waals surface area contributed by atoms with Crippen LogP contribution in [0.4, 0.5) is 0 Å². The maximum atomic E-state index is 5.46. The van der Waals surface area contributed by atoms with Crippen molar-refractivity contribution in [1.29, 1.82) is 0 Å². The van der Waals surface area contributed by atoms with E-state index in [1.807, 2.05) is 18.5 Å². The molecule has 0 saturated carbocycles. The maximum absolute atomic E-state index is 5.46. The van der Waals surface area contributed by atoms with Gasteiger partial charge in [0.05, 0.1) is 16.1 Å². The first-order chi connectivity index (χ1) is 10.2. The molecule has 0 saturated heterocycles. The standard InChI is InChI=1S/C15H18N4OS/c1-4-11(9(2)16-3)15-18-14(19-20-15)10-7-13-12(17-8-10)5-6-21-13/h5-9,11,16H,4H2,1-3H3. The zero-order valence-electron chi connectivity index (χ0n) is 12.3. The molecule has 21 heavy (non-hydrogen) atoms. The number of pyridine rings is 1. The Bertz CT molecular complexity index is 736. The molecule has 110 valence electrons. The summed E-state index contributed by atoms with van der Waals surface area (Å²) in [4.78, 5) is 8.98. The quantitative estimate of drug-likeness (QED) is 0.782. The van der Waals surface area contributed by atoms with E-state index in [-0.39, 0.29) is 5.92 Å². The van der Waals surface area contributed by atoms with Gasteiger partial charge in [-0.05, 0) is 37.9 Å². The molecule has 0 radical (unpaired) electrons. The molecule has 0 amide bonds. The van der Waals surface area contributed by atoms with E-state index in [9.17, 15) is 0 Å². The normalized spacial score (nSPS) is 14.4. The molecule has 0 bridgehead atoms. The van der Waals surface area contributed by atoms with E-state index in [1.165, 1.54) is 0 Å². The Hall–Kier alpha value is -1.79. The third-order valence-electron chi connectivity index (χ3n) is 3.82. The Labute approximate surface area is 127 Å². The number of thiophene rings is 1. The number of likely N-dealkylation sites (N-methyl/N-ethyl adjacent to an activating group) is 1. The minimum atomic E-state index is 0.217. The largest absolute Gasteiger partial charge is 0.339 e. The summed E-state index contributed by atoms with van der Waals surface area (Å²) in [7, 11) is 1.94. The average molecular weight is 302 g/mol. The maximum Gasteiger partial charge on any atom is 0.231 e. The molecule has 0 spiro atoms. The third kappa shape index (κ3) is 2.69. The Morgan fingerprint density at radius 2 is 2.29 bits per heavy atom. The van der Waals surface area contributed by atoms with E-state index in [2.05, 4.69) is 40.4 Å². The summed E-state index contributed by atoms with van der Waals surface area (Å²) in [5, 5.41) is 9.39. The topological polar surface area (TPSA) is 63.8 Å². The average Bonchev–Trinajstić information content (AvgIpc) is 3.15. The van der Waals surface area contributed by atoms with Crippen molar-refractivity contribution in [2.75, 3.05) is 7.05 Å². The lowest BCUT2D eigenvalue weighted by Gasteiger charge is -2.17.